The Bertz CT molecular complexity index is 439. The first-order valence-electron chi connectivity index (χ1n) is 7.48. The van der Waals surface area contributed by atoms with E-state index < -0.39 is 0 Å². The molecular formula is C17H27NO2. The number of nitrogens with one attached hydrogen (secondary N) is 1. The maximum absolute atomic E-state index is 5.47. The van der Waals surface area contributed by atoms with Crippen LogP contribution in [0.15, 0.2) is 18.2 Å². The molecule has 112 valence electrons. The third-order valence-electron chi connectivity index (χ3n) is 4.01. The molecule has 0 radical (unpaired) electrons. The SMILES string of the molecule is COc1ccc(CCC(C)(C)CNC2CC2)c(OC)c1. The zero-order chi connectivity index (χ0) is 14.6. The van der Waals surface area contributed by atoms with Crippen LogP contribution >= 0.6 is 0 Å². The summed E-state index contributed by atoms with van der Waals surface area (Å²) in [5.74, 6) is 1.77. The molecule has 20 heavy (non-hydrogen) atoms. The van der Waals surface area contributed by atoms with Gasteiger partial charge in [0.2, 0.25) is 0 Å². The van der Waals surface area contributed by atoms with Crippen molar-refractivity contribution in [2.45, 2.75) is 45.6 Å². The lowest BCUT2D eigenvalue weighted by Gasteiger charge is -2.25. The third-order valence-corrected chi connectivity index (χ3v) is 4.01. The Morgan fingerprint density at radius 3 is 2.55 bits per heavy atom. The number of ether oxygens (including phenoxy) is 2. The summed E-state index contributed by atoms with van der Waals surface area (Å²) in [5.41, 5.74) is 1.57. The highest BCUT2D eigenvalue weighted by atomic mass is 16.5. The minimum absolute atomic E-state index is 0.313. The number of rotatable bonds is 8. The van der Waals surface area contributed by atoms with E-state index >= 15 is 0 Å². The molecule has 0 aliphatic heterocycles. The van der Waals surface area contributed by atoms with Crippen molar-refractivity contribution in [3.05, 3.63) is 23.8 Å². The molecule has 1 saturated carbocycles. The van der Waals surface area contributed by atoms with Crippen LogP contribution in [0.5, 0.6) is 11.5 Å². The standard InChI is InChI=1S/C17H27NO2/c1-17(2,12-18-14-6-7-14)10-9-13-5-8-15(19-3)11-16(13)20-4/h5,8,11,14,18H,6-7,9-10,12H2,1-4H3. The highest BCUT2D eigenvalue weighted by Crippen LogP contribution is 2.30. The van der Waals surface area contributed by atoms with E-state index in [1.54, 1.807) is 14.2 Å². The van der Waals surface area contributed by atoms with Gasteiger partial charge in [-0.25, -0.2) is 0 Å². The molecule has 1 aromatic rings. The van der Waals surface area contributed by atoms with Crippen LogP contribution in [0.1, 0.15) is 38.7 Å². The van der Waals surface area contributed by atoms with Gasteiger partial charge in [-0.1, -0.05) is 19.9 Å². The highest BCUT2D eigenvalue weighted by Gasteiger charge is 2.25. The van der Waals surface area contributed by atoms with Gasteiger partial charge < -0.3 is 14.8 Å². The molecule has 0 heterocycles. The molecule has 0 amide bonds. The number of hydrogen-bond acceptors (Lipinski definition) is 3. The van der Waals surface area contributed by atoms with Gasteiger partial charge in [0.05, 0.1) is 14.2 Å². The minimum atomic E-state index is 0.313. The molecule has 0 spiro atoms. The van der Waals surface area contributed by atoms with Crippen molar-refractivity contribution < 1.29 is 9.47 Å². The fourth-order valence-corrected chi connectivity index (χ4v) is 2.33. The Kier molecular flexibility index (Phi) is 4.92. The second kappa shape index (κ2) is 6.49. The predicted molar refractivity (Wildman–Crippen MR) is 82.7 cm³/mol. The van der Waals surface area contributed by atoms with Crippen LogP contribution in [-0.2, 0) is 6.42 Å². The van der Waals surface area contributed by atoms with Crippen molar-refractivity contribution in [3.8, 4) is 11.5 Å². The number of hydrogen-bond donors (Lipinski definition) is 1. The van der Waals surface area contributed by atoms with Crippen molar-refractivity contribution in [3.63, 3.8) is 0 Å². The molecular weight excluding hydrogens is 250 g/mol. The van der Waals surface area contributed by atoms with E-state index in [1.807, 2.05) is 12.1 Å². The molecule has 3 nitrogen and oxygen atoms in total. The van der Waals surface area contributed by atoms with Crippen LogP contribution in [0.2, 0.25) is 0 Å². The van der Waals surface area contributed by atoms with Gasteiger partial charge in [-0.05, 0) is 42.7 Å². The van der Waals surface area contributed by atoms with Gasteiger partial charge in [-0.15, -0.1) is 0 Å². The van der Waals surface area contributed by atoms with E-state index in [9.17, 15) is 0 Å². The predicted octanol–water partition coefficient (Wildman–Crippen LogP) is 3.41. The molecule has 1 N–H and O–H groups in total. The molecule has 0 unspecified atom stereocenters. The lowest BCUT2D eigenvalue weighted by molar-refractivity contribution is 0.311. The third kappa shape index (κ3) is 4.41. The minimum Gasteiger partial charge on any atom is -0.497 e. The fourth-order valence-electron chi connectivity index (χ4n) is 2.33. The van der Waals surface area contributed by atoms with Gasteiger partial charge >= 0.3 is 0 Å². The van der Waals surface area contributed by atoms with Crippen LogP contribution in [0.25, 0.3) is 0 Å². The summed E-state index contributed by atoms with van der Waals surface area (Å²) >= 11 is 0. The summed E-state index contributed by atoms with van der Waals surface area (Å²) < 4.78 is 10.7. The van der Waals surface area contributed by atoms with Crippen molar-refractivity contribution in [1.29, 1.82) is 0 Å². The molecule has 3 heteroatoms. The first-order chi connectivity index (χ1) is 9.54. The van der Waals surface area contributed by atoms with Crippen LogP contribution < -0.4 is 14.8 Å². The number of benzene rings is 1. The topological polar surface area (TPSA) is 30.5 Å². The van der Waals surface area contributed by atoms with Gasteiger partial charge in [-0.2, -0.15) is 0 Å². The van der Waals surface area contributed by atoms with Crippen LogP contribution in [0.3, 0.4) is 0 Å². The van der Waals surface area contributed by atoms with E-state index in [0.29, 0.717) is 5.41 Å². The fraction of sp³-hybridized carbons (Fsp3) is 0.647. The van der Waals surface area contributed by atoms with E-state index in [4.69, 9.17) is 9.47 Å². The molecule has 1 aliphatic carbocycles. The molecule has 1 aromatic carbocycles. The molecule has 0 aromatic heterocycles. The van der Waals surface area contributed by atoms with Crippen molar-refractivity contribution in [2.24, 2.45) is 5.41 Å². The van der Waals surface area contributed by atoms with Crippen LogP contribution in [0.4, 0.5) is 0 Å². The Morgan fingerprint density at radius 2 is 1.95 bits per heavy atom. The molecule has 0 saturated heterocycles. The second-order valence-electron chi connectivity index (χ2n) is 6.50. The maximum atomic E-state index is 5.47. The summed E-state index contributed by atoms with van der Waals surface area (Å²) in [5, 5.41) is 3.63. The molecule has 2 rings (SSSR count). The first-order valence-corrected chi connectivity index (χ1v) is 7.48. The summed E-state index contributed by atoms with van der Waals surface area (Å²) in [6.45, 7) is 5.76. The highest BCUT2D eigenvalue weighted by molar-refractivity contribution is 5.40. The summed E-state index contributed by atoms with van der Waals surface area (Å²) in [6, 6.07) is 6.87. The Morgan fingerprint density at radius 1 is 1.20 bits per heavy atom. The largest absolute Gasteiger partial charge is 0.497 e. The van der Waals surface area contributed by atoms with E-state index in [-0.39, 0.29) is 0 Å². The normalized spacial score (nSPS) is 15.2. The van der Waals surface area contributed by atoms with Gasteiger partial charge in [0.15, 0.2) is 0 Å². The van der Waals surface area contributed by atoms with Gasteiger partial charge in [0, 0.05) is 18.7 Å². The summed E-state index contributed by atoms with van der Waals surface area (Å²) in [7, 11) is 3.40. The van der Waals surface area contributed by atoms with Gasteiger partial charge in [0.25, 0.3) is 0 Å². The smallest absolute Gasteiger partial charge is 0.125 e. The van der Waals surface area contributed by atoms with E-state index in [0.717, 1.165) is 36.9 Å². The molecule has 0 atom stereocenters. The van der Waals surface area contributed by atoms with Crippen molar-refractivity contribution >= 4 is 0 Å². The molecule has 1 fully saturated rings. The van der Waals surface area contributed by atoms with Crippen molar-refractivity contribution in [2.75, 3.05) is 20.8 Å². The maximum Gasteiger partial charge on any atom is 0.125 e. The molecule has 0 bridgehead atoms. The van der Waals surface area contributed by atoms with E-state index in [1.165, 1.54) is 18.4 Å². The van der Waals surface area contributed by atoms with Crippen LogP contribution in [0, 0.1) is 5.41 Å². The average Bonchev–Trinajstić information content (AvgIpc) is 3.27. The monoisotopic (exact) mass is 277 g/mol. The van der Waals surface area contributed by atoms with Crippen LogP contribution in [-0.4, -0.2) is 26.8 Å². The molecule has 1 aliphatic rings. The lowest BCUT2D eigenvalue weighted by Crippen LogP contribution is -2.31. The van der Waals surface area contributed by atoms with Crippen molar-refractivity contribution in [1.82, 2.24) is 5.32 Å². The number of methoxy groups -OCH3 is 2. The Labute approximate surface area is 122 Å². The zero-order valence-corrected chi connectivity index (χ0v) is 13.2. The Hall–Kier alpha value is -1.22. The Balaban J connectivity index is 1.91. The number of aryl methyl sites for hydroxylation is 1. The van der Waals surface area contributed by atoms with Gasteiger partial charge in [-0.3, -0.25) is 0 Å². The average molecular weight is 277 g/mol. The van der Waals surface area contributed by atoms with Gasteiger partial charge in [0.1, 0.15) is 11.5 Å². The first kappa shape index (κ1) is 15.2. The quantitative estimate of drug-likeness (QED) is 0.790. The summed E-state index contributed by atoms with van der Waals surface area (Å²) in [4.78, 5) is 0. The lowest BCUT2D eigenvalue weighted by atomic mass is 9.86. The van der Waals surface area contributed by atoms with E-state index in [2.05, 4.69) is 25.2 Å². The summed E-state index contributed by atoms with van der Waals surface area (Å²) in [6.07, 6.45) is 4.88. The zero-order valence-electron chi connectivity index (χ0n) is 13.2. The second-order valence-corrected chi connectivity index (χ2v) is 6.50.